The molecule has 2 aromatic carbocycles. The fourth-order valence-corrected chi connectivity index (χ4v) is 3.38. The Labute approximate surface area is 119 Å². The third-order valence-electron chi connectivity index (χ3n) is 2.48. The summed E-state index contributed by atoms with van der Waals surface area (Å²) in [4.78, 5) is -0.111. The monoisotopic (exact) mass is 343 g/mol. The highest BCUT2D eigenvalue weighted by atomic mass is 79.9. The number of benzene rings is 2. The normalized spacial score (nSPS) is 11.3. The second-order valence-electron chi connectivity index (χ2n) is 4.05. The second-order valence-corrected chi connectivity index (χ2v) is 6.58. The summed E-state index contributed by atoms with van der Waals surface area (Å²) in [5.74, 6) is -0.592. The van der Waals surface area contributed by atoms with Crippen molar-refractivity contribution >= 4 is 31.6 Å². The Morgan fingerprint density at radius 2 is 1.89 bits per heavy atom. The van der Waals surface area contributed by atoms with Crippen molar-refractivity contribution in [2.24, 2.45) is 0 Å². The molecule has 0 aromatic heterocycles. The molecule has 6 heteroatoms. The third kappa shape index (κ3) is 3.33. The molecule has 2 aromatic rings. The third-order valence-corrected chi connectivity index (χ3v) is 4.49. The topological polar surface area (TPSA) is 46.2 Å². The molecule has 0 aliphatic rings. The van der Waals surface area contributed by atoms with E-state index in [4.69, 9.17) is 0 Å². The zero-order chi connectivity index (χ0) is 14.0. The molecule has 0 aliphatic heterocycles. The van der Waals surface area contributed by atoms with E-state index in [2.05, 4.69) is 20.7 Å². The first kappa shape index (κ1) is 14.0. The van der Waals surface area contributed by atoms with Gasteiger partial charge in [0, 0.05) is 4.47 Å². The standard InChI is InChI=1S/C13H11BrFNO2S/c1-9-5-6-13(12(14)7-9)16-19(17,18)11-4-2-3-10(15)8-11/h2-8,16H,1H3. The lowest BCUT2D eigenvalue weighted by molar-refractivity contribution is 0.595. The average molecular weight is 344 g/mol. The van der Waals surface area contributed by atoms with E-state index in [0.29, 0.717) is 10.2 Å². The number of aryl methyl sites for hydroxylation is 1. The van der Waals surface area contributed by atoms with Gasteiger partial charge in [-0.25, -0.2) is 12.8 Å². The summed E-state index contributed by atoms with van der Waals surface area (Å²) < 4.78 is 40.3. The van der Waals surface area contributed by atoms with Gasteiger partial charge in [0.2, 0.25) is 0 Å². The van der Waals surface area contributed by atoms with Gasteiger partial charge in [0.05, 0.1) is 10.6 Å². The molecule has 0 aliphatic carbocycles. The summed E-state index contributed by atoms with van der Waals surface area (Å²) >= 11 is 3.29. The maximum atomic E-state index is 13.1. The molecule has 19 heavy (non-hydrogen) atoms. The molecule has 0 amide bonds. The smallest absolute Gasteiger partial charge is 0.262 e. The van der Waals surface area contributed by atoms with Crippen LogP contribution in [0.15, 0.2) is 51.8 Å². The maximum Gasteiger partial charge on any atom is 0.262 e. The average Bonchev–Trinajstić information content (AvgIpc) is 2.33. The predicted octanol–water partition coefficient (Wildman–Crippen LogP) is 3.70. The fraction of sp³-hybridized carbons (Fsp3) is 0.0769. The summed E-state index contributed by atoms with van der Waals surface area (Å²) in [6.07, 6.45) is 0. The van der Waals surface area contributed by atoms with E-state index >= 15 is 0 Å². The summed E-state index contributed by atoms with van der Waals surface area (Å²) in [6.45, 7) is 1.90. The molecule has 0 atom stereocenters. The van der Waals surface area contributed by atoms with Crippen molar-refractivity contribution in [1.29, 1.82) is 0 Å². The van der Waals surface area contributed by atoms with Crippen LogP contribution in [0, 0.1) is 12.7 Å². The maximum absolute atomic E-state index is 13.1. The van der Waals surface area contributed by atoms with Crippen LogP contribution < -0.4 is 4.72 Å². The Morgan fingerprint density at radius 3 is 2.53 bits per heavy atom. The van der Waals surface area contributed by atoms with Crippen LogP contribution in [0.2, 0.25) is 0 Å². The minimum Gasteiger partial charge on any atom is -0.278 e. The lowest BCUT2D eigenvalue weighted by Crippen LogP contribution is -2.13. The van der Waals surface area contributed by atoms with Crippen LogP contribution in [0.25, 0.3) is 0 Å². The van der Waals surface area contributed by atoms with Crippen molar-refractivity contribution < 1.29 is 12.8 Å². The number of halogens is 2. The van der Waals surface area contributed by atoms with E-state index in [9.17, 15) is 12.8 Å². The predicted molar refractivity (Wildman–Crippen MR) is 76.1 cm³/mol. The van der Waals surface area contributed by atoms with Gasteiger partial charge >= 0.3 is 0 Å². The summed E-state index contributed by atoms with van der Waals surface area (Å²) in [7, 11) is -3.79. The van der Waals surface area contributed by atoms with Gasteiger partial charge in [-0.2, -0.15) is 0 Å². The van der Waals surface area contributed by atoms with Gasteiger partial charge in [-0.3, -0.25) is 4.72 Å². The van der Waals surface area contributed by atoms with Crippen molar-refractivity contribution in [1.82, 2.24) is 0 Å². The van der Waals surface area contributed by atoms with E-state index in [-0.39, 0.29) is 4.90 Å². The molecule has 0 saturated carbocycles. The van der Waals surface area contributed by atoms with Crippen molar-refractivity contribution in [3.8, 4) is 0 Å². The summed E-state index contributed by atoms with van der Waals surface area (Å²) in [5, 5.41) is 0. The van der Waals surface area contributed by atoms with Crippen LogP contribution in [0.4, 0.5) is 10.1 Å². The molecule has 3 nitrogen and oxygen atoms in total. The molecule has 0 saturated heterocycles. The molecule has 1 N–H and O–H groups in total. The molecule has 0 unspecified atom stereocenters. The largest absolute Gasteiger partial charge is 0.278 e. The number of rotatable bonds is 3. The lowest BCUT2D eigenvalue weighted by atomic mass is 10.2. The number of hydrogen-bond acceptors (Lipinski definition) is 2. The Hall–Kier alpha value is -1.40. The van der Waals surface area contributed by atoms with Gasteiger partial charge in [0.25, 0.3) is 10.0 Å². The van der Waals surface area contributed by atoms with E-state index in [0.717, 1.165) is 11.6 Å². The molecule has 100 valence electrons. The van der Waals surface area contributed by atoms with E-state index < -0.39 is 15.8 Å². The van der Waals surface area contributed by atoms with Crippen LogP contribution in [-0.2, 0) is 10.0 Å². The molecule has 0 bridgehead atoms. The first-order chi connectivity index (χ1) is 8.88. The second kappa shape index (κ2) is 5.30. The Morgan fingerprint density at radius 1 is 1.16 bits per heavy atom. The summed E-state index contributed by atoms with van der Waals surface area (Å²) in [6, 6.07) is 10.1. The van der Waals surface area contributed by atoms with Gasteiger partial charge in [0.15, 0.2) is 0 Å². The highest BCUT2D eigenvalue weighted by Crippen LogP contribution is 2.26. The molecule has 0 heterocycles. The Bertz CT molecular complexity index is 716. The van der Waals surface area contributed by atoms with Crippen LogP contribution in [0.3, 0.4) is 0 Å². The molecule has 2 rings (SSSR count). The van der Waals surface area contributed by atoms with E-state index in [1.54, 1.807) is 18.2 Å². The highest BCUT2D eigenvalue weighted by molar-refractivity contribution is 9.10. The van der Waals surface area contributed by atoms with Crippen molar-refractivity contribution in [3.05, 3.63) is 58.3 Å². The van der Waals surface area contributed by atoms with Gasteiger partial charge in [-0.15, -0.1) is 0 Å². The first-order valence-corrected chi connectivity index (χ1v) is 7.71. The van der Waals surface area contributed by atoms with E-state index in [1.807, 2.05) is 6.92 Å². The molecular weight excluding hydrogens is 333 g/mol. The SMILES string of the molecule is Cc1ccc(NS(=O)(=O)c2cccc(F)c2)c(Br)c1. The zero-order valence-electron chi connectivity index (χ0n) is 10.0. The fourth-order valence-electron chi connectivity index (χ4n) is 1.54. The minimum atomic E-state index is -3.79. The zero-order valence-corrected chi connectivity index (χ0v) is 12.4. The van der Waals surface area contributed by atoms with Crippen LogP contribution in [0.1, 0.15) is 5.56 Å². The number of hydrogen-bond donors (Lipinski definition) is 1. The molecule has 0 radical (unpaired) electrons. The van der Waals surface area contributed by atoms with Gasteiger partial charge in [-0.1, -0.05) is 12.1 Å². The van der Waals surface area contributed by atoms with E-state index in [1.165, 1.54) is 18.2 Å². The van der Waals surface area contributed by atoms with Crippen molar-refractivity contribution in [2.45, 2.75) is 11.8 Å². The Kier molecular flexibility index (Phi) is 3.91. The minimum absolute atomic E-state index is 0.111. The quantitative estimate of drug-likeness (QED) is 0.923. The molecule has 0 fully saturated rings. The number of sulfonamides is 1. The lowest BCUT2D eigenvalue weighted by Gasteiger charge is -2.10. The van der Waals surface area contributed by atoms with Gasteiger partial charge in [0.1, 0.15) is 5.82 Å². The first-order valence-electron chi connectivity index (χ1n) is 5.43. The van der Waals surface area contributed by atoms with Gasteiger partial charge in [-0.05, 0) is 58.7 Å². The highest BCUT2D eigenvalue weighted by Gasteiger charge is 2.16. The van der Waals surface area contributed by atoms with Crippen molar-refractivity contribution in [3.63, 3.8) is 0 Å². The van der Waals surface area contributed by atoms with Gasteiger partial charge < -0.3 is 0 Å². The number of anilines is 1. The van der Waals surface area contributed by atoms with Crippen LogP contribution in [-0.4, -0.2) is 8.42 Å². The van der Waals surface area contributed by atoms with Crippen LogP contribution in [0.5, 0.6) is 0 Å². The number of nitrogens with one attached hydrogen (secondary N) is 1. The summed E-state index contributed by atoms with van der Waals surface area (Å²) in [5.41, 5.74) is 1.41. The molecule has 0 spiro atoms. The van der Waals surface area contributed by atoms with Crippen LogP contribution >= 0.6 is 15.9 Å². The molecular formula is C13H11BrFNO2S. The Balaban J connectivity index is 2.36. The van der Waals surface area contributed by atoms with Crippen molar-refractivity contribution in [2.75, 3.05) is 4.72 Å².